The zero-order chi connectivity index (χ0) is 19.1. The number of benzene rings is 1. The second-order valence-electron chi connectivity index (χ2n) is 9.79. The maximum Gasteiger partial charge on any atom is 0.253 e. The van der Waals surface area contributed by atoms with Crippen molar-refractivity contribution in [1.29, 1.82) is 0 Å². The van der Waals surface area contributed by atoms with E-state index in [0.29, 0.717) is 5.54 Å². The first-order valence-electron chi connectivity index (χ1n) is 11.4. The van der Waals surface area contributed by atoms with Gasteiger partial charge in [-0.05, 0) is 87.0 Å². The zero-order valence-corrected chi connectivity index (χ0v) is 17.2. The second-order valence-corrected chi connectivity index (χ2v) is 9.79. The highest BCUT2D eigenvalue weighted by atomic mass is 16.5. The molecule has 0 unspecified atom stereocenters. The lowest BCUT2D eigenvalue weighted by Gasteiger charge is -2.61. The molecule has 1 amide bonds. The standard InChI is InChI=1S/C24H34N2O2/c1-2-11-28-22-5-3-21(4-6-22)23(27)25-7-9-26(10-8-25)24-15-18-12-19(16-24)14-20(13-18)17-24/h3-6,18-20H,2,7-17H2,1H3. The van der Waals surface area contributed by atoms with Gasteiger partial charge in [0.25, 0.3) is 5.91 Å². The quantitative estimate of drug-likeness (QED) is 0.765. The van der Waals surface area contributed by atoms with Gasteiger partial charge >= 0.3 is 0 Å². The van der Waals surface area contributed by atoms with Crippen LogP contribution in [-0.4, -0.2) is 54.0 Å². The van der Waals surface area contributed by atoms with Crippen molar-refractivity contribution in [2.75, 3.05) is 32.8 Å². The molecule has 1 saturated heterocycles. The summed E-state index contributed by atoms with van der Waals surface area (Å²) >= 11 is 0. The number of ether oxygens (including phenoxy) is 1. The van der Waals surface area contributed by atoms with Crippen LogP contribution in [0.15, 0.2) is 24.3 Å². The number of nitrogens with zero attached hydrogens (tertiary/aromatic N) is 2. The van der Waals surface area contributed by atoms with E-state index >= 15 is 0 Å². The number of carbonyl (C=O) groups is 1. The Kier molecular flexibility index (Phi) is 4.86. The monoisotopic (exact) mass is 382 g/mol. The lowest BCUT2D eigenvalue weighted by atomic mass is 9.52. The number of hydrogen-bond acceptors (Lipinski definition) is 3. The minimum absolute atomic E-state index is 0.173. The summed E-state index contributed by atoms with van der Waals surface area (Å²) in [5.41, 5.74) is 1.26. The SMILES string of the molecule is CCCOc1ccc(C(=O)N2CCN(C34CC5CC(CC(C5)C3)C4)CC2)cc1. The van der Waals surface area contributed by atoms with Gasteiger partial charge in [0.1, 0.15) is 5.75 Å². The van der Waals surface area contributed by atoms with E-state index in [1.165, 1.54) is 38.5 Å². The highest BCUT2D eigenvalue weighted by Crippen LogP contribution is 2.57. The smallest absolute Gasteiger partial charge is 0.253 e. The Bertz CT molecular complexity index is 671. The van der Waals surface area contributed by atoms with Crippen molar-refractivity contribution in [3.63, 3.8) is 0 Å². The van der Waals surface area contributed by atoms with Crippen LogP contribution in [0.25, 0.3) is 0 Å². The van der Waals surface area contributed by atoms with Crippen molar-refractivity contribution in [2.45, 2.75) is 57.4 Å². The van der Waals surface area contributed by atoms with Gasteiger partial charge in [-0.3, -0.25) is 9.69 Å². The van der Waals surface area contributed by atoms with Gasteiger partial charge in [-0.1, -0.05) is 6.92 Å². The van der Waals surface area contributed by atoms with Crippen molar-refractivity contribution in [1.82, 2.24) is 9.80 Å². The fourth-order valence-electron chi connectivity index (χ4n) is 6.93. The van der Waals surface area contributed by atoms with Crippen molar-refractivity contribution < 1.29 is 9.53 Å². The second kappa shape index (κ2) is 7.37. The molecule has 6 rings (SSSR count). The van der Waals surface area contributed by atoms with Gasteiger partial charge in [0.15, 0.2) is 0 Å². The Morgan fingerprint density at radius 3 is 2.07 bits per heavy atom. The molecule has 1 aliphatic heterocycles. The molecule has 4 aliphatic carbocycles. The molecule has 1 aromatic rings. The normalized spacial score (nSPS) is 34.6. The molecule has 1 heterocycles. The Morgan fingerprint density at radius 2 is 1.54 bits per heavy atom. The summed E-state index contributed by atoms with van der Waals surface area (Å²) in [6, 6.07) is 7.68. The van der Waals surface area contributed by atoms with E-state index in [1.54, 1.807) is 0 Å². The van der Waals surface area contributed by atoms with Gasteiger partial charge in [0.2, 0.25) is 0 Å². The fraction of sp³-hybridized carbons (Fsp3) is 0.708. The number of amides is 1. The molecule has 5 fully saturated rings. The van der Waals surface area contributed by atoms with Gasteiger partial charge in [-0.25, -0.2) is 0 Å². The molecule has 4 saturated carbocycles. The molecule has 4 nitrogen and oxygen atoms in total. The van der Waals surface area contributed by atoms with Crippen LogP contribution in [0.3, 0.4) is 0 Å². The molecule has 0 atom stereocenters. The first kappa shape index (κ1) is 18.5. The average Bonchev–Trinajstić information content (AvgIpc) is 2.71. The van der Waals surface area contributed by atoms with Gasteiger partial charge in [-0.2, -0.15) is 0 Å². The molecule has 0 spiro atoms. The van der Waals surface area contributed by atoms with Crippen molar-refractivity contribution in [3.8, 4) is 5.75 Å². The number of carbonyl (C=O) groups excluding carboxylic acids is 1. The predicted molar refractivity (Wildman–Crippen MR) is 111 cm³/mol. The van der Waals surface area contributed by atoms with Gasteiger partial charge in [0.05, 0.1) is 6.61 Å². The van der Waals surface area contributed by atoms with Gasteiger partial charge in [-0.15, -0.1) is 0 Å². The molecule has 5 aliphatic rings. The molecule has 4 heteroatoms. The minimum atomic E-state index is 0.173. The lowest BCUT2D eigenvalue weighted by Crippen LogP contribution is -2.64. The van der Waals surface area contributed by atoms with E-state index in [9.17, 15) is 4.79 Å². The van der Waals surface area contributed by atoms with E-state index in [2.05, 4.69) is 16.7 Å². The highest BCUT2D eigenvalue weighted by molar-refractivity contribution is 5.94. The topological polar surface area (TPSA) is 32.8 Å². The lowest BCUT2D eigenvalue weighted by molar-refractivity contribution is -0.0987. The molecule has 0 radical (unpaired) electrons. The summed E-state index contributed by atoms with van der Waals surface area (Å²) in [5.74, 6) is 3.98. The number of rotatable bonds is 5. The summed E-state index contributed by atoms with van der Waals surface area (Å²) in [7, 11) is 0. The third kappa shape index (κ3) is 3.34. The van der Waals surface area contributed by atoms with E-state index in [1.807, 2.05) is 24.3 Å². The summed E-state index contributed by atoms with van der Waals surface area (Å²) in [6.07, 6.45) is 9.75. The van der Waals surface area contributed by atoms with Crippen molar-refractivity contribution in [3.05, 3.63) is 29.8 Å². The van der Waals surface area contributed by atoms with E-state index in [-0.39, 0.29) is 5.91 Å². The summed E-state index contributed by atoms with van der Waals surface area (Å²) in [6.45, 7) is 6.66. The average molecular weight is 383 g/mol. The third-order valence-corrected chi connectivity index (χ3v) is 7.82. The molecule has 152 valence electrons. The van der Waals surface area contributed by atoms with Crippen LogP contribution in [0, 0.1) is 17.8 Å². The van der Waals surface area contributed by atoms with Crippen LogP contribution < -0.4 is 4.74 Å². The zero-order valence-electron chi connectivity index (χ0n) is 17.2. The van der Waals surface area contributed by atoms with Crippen LogP contribution in [0.4, 0.5) is 0 Å². The maximum absolute atomic E-state index is 12.9. The van der Waals surface area contributed by atoms with Gasteiger partial charge in [0, 0.05) is 37.3 Å². The molecular formula is C24H34N2O2. The molecular weight excluding hydrogens is 348 g/mol. The molecule has 1 aromatic carbocycles. The number of hydrogen-bond donors (Lipinski definition) is 0. The van der Waals surface area contributed by atoms with Crippen LogP contribution in [0.5, 0.6) is 5.75 Å². The first-order valence-corrected chi connectivity index (χ1v) is 11.4. The summed E-state index contributed by atoms with van der Waals surface area (Å²) < 4.78 is 5.63. The highest BCUT2D eigenvalue weighted by Gasteiger charge is 2.53. The van der Waals surface area contributed by atoms with Crippen LogP contribution in [0.2, 0.25) is 0 Å². The fourth-order valence-corrected chi connectivity index (χ4v) is 6.93. The van der Waals surface area contributed by atoms with Crippen LogP contribution in [-0.2, 0) is 0 Å². The van der Waals surface area contributed by atoms with Gasteiger partial charge < -0.3 is 9.64 Å². The largest absolute Gasteiger partial charge is 0.494 e. The predicted octanol–water partition coefficient (Wildman–Crippen LogP) is 4.20. The summed E-state index contributed by atoms with van der Waals surface area (Å²) in [5, 5.41) is 0. The molecule has 0 aromatic heterocycles. The molecule has 0 N–H and O–H groups in total. The van der Waals surface area contributed by atoms with E-state index in [0.717, 1.165) is 68.3 Å². The first-order chi connectivity index (χ1) is 13.6. The van der Waals surface area contributed by atoms with Crippen molar-refractivity contribution in [2.24, 2.45) is 17.8 Å². The van der Waals surface area contributed by atoms with Crippen molar-refractivity contribution >= 4 is 5.91 Å². The summed E-state index contributed by atoms with van der Waals surface area (Å²) in [4.78, 5) is 17.8. The molecule has 4 bridgehead atoms. The minimum Gasteiger partial charge on any atom is -0.494 e. The number of piperazine rings is 1. The Hall–Kier alpha value is -1.55. The Morgan fingerprint density at radius 1 is 0.964 bits per heavy atom. The molecule has 28 heavy (non-hydrogen) atoms. The Balaban J connectivity index is 1.20. The van der Waals surface area contributed by atoms with Crippen LogP contribution >= 0.6 is 0 Å². The Labute approximate surface area is 169 Å². The van der Waals surface area contributed by atoms with Crippen LogP contribution in [0.1, 0.15) is 62.2 Å². The maximum atomic E-state index is 12.9. The van der Waals surface area contributed by atoms with E-state index < -0.39 is 0 Å². The third-order valence-electron chi connectivity index (χ3n) is 7.82. The van der Waals surface area contributed by atoms with E-state index in [4.69, 9.17) is 4.74 Å².